The molecule has 1 aliphatic heterocycles. The maximum Gasteiger partial charge on any atom is 0.315 e. The van der Waals surface area contributed by atoms with E-state index in [4.69, 9.17) is 5.73 Å². The molecule has 5 heteroatoms. The van der Waals surface area contributed by atoms with Gasteiger partial charge in [0.1, 0.15) is 0 Å². The molecule has 2 heterocycles. The van der Waals surface area contributed by atoms with E-state index in [0.717, 1.165) is 17.7 Å². The van der Waals surface area contributed by atoms with Crippen molar-refractivity contribution in [3.63, 3.8) is 0 Å². The van der Waals surface area contributed by atoms with Crippen molar-refractivity contribution in [3.8, 4) is 0 Å². The van der Waals surface area contributed by atoms with Gasteiger partial charge >= 0.3 is 6.03 Å². The lowest BCUT2D eigenvalue weighted by atomic mass is 10.1. The molecule has 0 saturated heterocycles. The molecule has 1 aromatic rings. The van der Waals surface area contributed by atoms with Crippen LogP contribution in [0.2, 0.25) is 0 Å². The lowest BCUT2D eigenvalue weighted by Gasteiger charge is -2.23. The van der Waals surface area contributed by atoms with Crippen molar-refractivity contribution in [3.05, 3.63) is 17.5 Å². The largest absolute Gasteiger partial charge is 0.351 e. The molecule has 0 atom stereocenters. The van der Waals surface area contributed by atoms with E-state index < -0.39 is 0 Å². The van der Waals surface area contributed by atoms with Crippen LogP contribution in [0.15, 0.2) is 6.20 Å². The summed E-state index contributed by atoms with van der Waals surface area (Å²) < 4.78 is 0. The van der Waals surface area contributed by atoms with Crippen LogP contribution in [0.4, 0.5) is 4.79 Å². The van der Waals surface area contributed by atoms with Gasteiger partial charge < -0.3 is 10.6 Å². The highest BCUT2D eigenvalue weighted by molar-refractivity contribution is 5.72. The molecule has 0 aliphatic carbocycles. The third-order valence-electron chi connectivity index (χ3n) is 2.10. The van der Waals surface area contributed by atoms with Crippen LogP contribution in [0.5, 0.6) is 0 Å². The molecule has 2 amide bonds. The Morgan fingerprint density at radius 3 is 3.33 bits per heavy atom. The van der Waals surface area contributed by atoms with E-state index in [1.807, 2.05) is 6.20 Å². The summed E-state index contributed by atoms with van der Waals surface area (Å²) in [6.45, 7) is 1.26. The van der Waals surface area contributed by atoms with Crippen LogP contribution in [0, 0.1) is 0 Å². The van der Waals surface area contributed by atoms with Crippen molar-refractivity contribution in [2.45, 2.75) is 13.0 Å². The van der Waals surface area contributed by atoms with Gasteiger partial charge in [-0.3, -0.25) is 5.10 Å². The molecule has 0 aromatic carbocycles. The summed E-state index contributed by atoms with van der Waals surface area (Å²) in [6, 6.07) is -0.359. The van der Waals surface area contributed by atoms with Crippen LogP contribution in [-0.2, 0) is 13.0 Å². The van der Waals surface area contributed by atoms with Crippen molar-refractivity contribution in [2.24, 2.45) is 5.73 Å². The fourth-order valence-corrected chi connectivity index (χ4v) is 1.41. The number of nitrogens with one attached hydrogen (secondary N) is 1. The zero-order valence-corrected chi connectivity index (χ0v) is 6.58. The molecule has 0 radical (unpaired) electrons. The number of aromatic nitrogens is 2. The molecule has 2 rings (SSSR count). The van der Waals surface area contributed by atoms with Crippen molar-refractivity contribution >= 4 is 6.03 Å². The minimum Gasteiger partial charge on any atom is -0.351 e. The van der Waals surface area contributed by atoms with Crippen molar-refractivity contribution in [2.75, 3.05) is 6.54 Å². The van der Waals surface area contributed by atoms with Crippen LogP contribution in [0.25, 0.3) is 0 Å². The minimum absolute atomic E-state index is 0.359. The second kappa shape index (κ2) is 2.51. The molecule has 1 aromatic heterocycles. The second-order valence-corrected chi connectivity index (χ2v) is 2.87. The first kappa shape index (κ1) is 7.15. The number of hydrogen-bond donors (Lipinski definition) is 2. The first-order chi connectivity index (χ1) is 5.77. The van der Waals surface area contributed by atoms with Crippen molar-refractivity contribution < 1.29 is 4.79 Å². The number of nitrogens with two attached hydrogens (primary N) is 1. The van der Waals surface area contributed by atoms with Gasteiger partial charge in [0, 0.05) is 24.7 Å². The quantitative estimate of drug-likeness (QED) is 0.562. The fourth-order valence-electron chi connectivity index (χ4n) is 1.41. The van der Waals surface area contributed by atoms with E-state index in [1.165, 1.54) is 0 Å². The molecule has 0 spiro atoms. The number of nitrogens with zero attached hydrogens (tertiary/aromatic N) is 2. The third-order valence-corrected chi connectivity index (χ3v) is 2.10. The first-order valence-corrected chi connectivity index (χ1v) is 3.83. The van der Waals surface area contributed by atoms with Crippen LogP contribution < -0.4 is 5.73 Å². The van der Waals surface area contributed by atoms with Gasteiger partial charge in [-0.05, 0) is 0 Å². The Kier molecular flexibility index (Phi) is 1.49. The van der Waals surface area contributed by atoms with E-state index >= 15 is 0 Å². The van der Waals surface area contributed by atoms with Crippen molar-refractivity contribution in [1.82, 2.24) is 15.1 Å². The highest BCUT2D eigenvalue weighted by Crippen LogP contribution is 2.14. The average Bonchev–Trinajstić information content (AvgIpc) is 2.49. The molecule has 1 aliphatic rings. The Morgan fingerprint density at radius 2 is 2.58 bits per heavy atom. The number of rotatable bonds is 0. The normalized spacial score (nSPS) is 15.8. The molecule has 0 fully saturated rings. The molecular formula is C7H10N4O. The highest BCUT2D eigenvalue weighted by Gasteiger charge is 2.19. The van der Waals surface area contributed by atoms with Gasteiger partial charge in [0.2, 0.25) is 0 Å². The number of amides is 2. The van der Waals surface area contributed by atoms with Gasteiger partial charge in [0.25, 0.3) is 0 Å². The van der Waals surface area contributed by atoms with E-state index in [-0.39, 0.29) is 6.03 Å². The van der Waals surface area contributed by atoms with E-state index in [1.54, 1.807) is 4.90 Å². The van der Waals surface area contributed by atoms with Crippen molar-refractivity contribution in [1.29, 1.82) is 0 Å². The van der Waals surface area contributed by atoms with Gasteiger partial charge in [-0.2, -0.15) is 5.10 Å². The second-order valence-electron chi connectivity index (χ2n) is 2.87. The Balaban J connectivity index is 2.20. The third kappa shape index (κ3) is 1.03. The number of carbonyl (C=O) groups is 1. The standard InChI is InChI=1S/C7H10N4O/c8-7(12)11-2-1-6-5(4-11)3-9-10-6/h3H,1-2,4H2,(H2,8,12)(H,9,10). The highest BCUT2D eigenvalue weighted by atomic mass is 16.2. The smallest absolute Gasteiger partial charge is 0.315 e. The topological polar surface area (TPSA) is 75.0 Å². The Labute approximate surface area is 69.5 Å². The van der Waals surface area contributed by atoms with E-state index in [0.29, 0.717) is 13.1 Å². The van der Waals surface area contributed by atoms with Crippen LogP contribution in [0.1, 0.15) is 11.3 Å². The number of primary amides is 1. The van der Waals surface area contributed by atoms with Gasteiger partial charge in [-0.25, -0.2) is 4.79 Å². The average molecular weight is 166 g/mol. The number of fused-ring (bicyclic) bond motifs is 1. The number of H-pyrrole nitrogens is 1. The fraction of sp³-hybridized carbons (Fsp3) is 0.429. The molecule has 0 saturated carbocycles. The lowest BCUT2D eigenvalue weighted by Crippen LogP contribution is -2.39. The summed E-state index contributed by atoms with van der Waals surface area (Å²) in [6.07, 6.45) is 2.60. The summed E-state index contributed by atoms with van der Waals surface area (Å²) in [5.74, 6) is 0. The SMILES string of the molecule is NC(=O)N1CCc2n[nH]cc2C1. The first-order valence-electron chi connectivity index (χ1n) is 3.83. The summed E-state index contributed by atoms with van der Waals surface area (Å²) in [4.78, 5) is 12.4. The predicted octanol–water partition coefficient (Wildman–Crippen LogP) is -0.154. The van der Waals surface area contributed by atoms with E-state index in [9.17, 15) is 4.79 Å². The molecular weight excluding hydrogens is 156 g/mol. The summed E-state index contributed by atoms with van der Waals surface area (Å²) in [5.41, 5.74) is 7.27. The number of carbonyl (C=O) groups excluding carboxylic acids is 1. The van der Waals surface area contributed by atoms with Gasteiger partial charge in [-0.15, -0.1) is 0 Å². The van der Waals surface area contributed by atoms with Crippen LogP contribution in [-0.4, -0.2) is 27.7 Å². The number of hydrogen-bond acceptors (Lipinski definition) is 2. The Bertz CT molecular complexity index is 306. The molecule has 64 valence electrons. The van der Waals surface area contributed by atoms with Crippen LogP contribution in [0.3, 0.4) is 0 Å². The lowest BCUT2D eigenvalue weighted by molar-refractivity contribution is 0.202. The molecule has 3 N–H and O–H groups in total. The zero-order valence-electron chi connectivity index (χ0n) is 6.58. The Morgan fingerprint density at radius 1 is 1.75 bits per heavy atom. The minimum atomic E-state index is -0.359. The maximum atomic E-state index is 10.8. The maximum absolute atomic E-state index is 10.8. The molecule has 5 nitrogen and oxygen atoms in total. The summed E-state index contributed by atoms with van der Waals surface area (Å²) in [7, 11) is 0. The number of aromatic amines is 1. The monoisotopic (exact) mass is 166 g/mol. The zero-order chi connectivity index (χ0) is 8.55. The van der Waals surface area contributed by atoms with Gasteiger partial charge in [0.05, 0.1) is 12.2 Å². The van der Waals surface area contributed by atoms with Crippen LogP contribution >= 0.6 is 0 Å². The Hall–Kier alpha value is -1.52. The summed E-state index contributed by atoms with van der Waals surface area (Å²) >= 11 is 0. The molecule has 0 bridgehead atoms. The summed E-state index contributed by atoms with van der Waals surface area (Å²) in [5, 5.41) is 6.82. The van der Waals surface area contributed by atoms with Gasteiger partial charge in [-0.1, -0.05) is 0 Å². The van der Waals surface area contributed by atoms with E-state index in [2.05, 4.69) is 10.2 Å². The predicted molar refractivity (Wildman–Crippen MR) is 42.3 cm³/mol. The molecule has 12 heavy (non-hydrogen) atoms. The van der Waals surface area contributed by atoms with Gasteiger partial charge in [0.15, 0.2) is 0 Å². The number of urea groups is 1. The molecule has 0 unspecified atom stereocenters.